The molecule has 0 spiro atoms. The van der Waals surface area contributed by atoms with Gasteiger partial charge in [0.05, 0.1) is 24.3 Å². The molecule has 25 heavy (non-hydrogen) atoms. The second kappa shape index (κ2) is 9.68. The van der Waals surface area contributed by atoms with Crippen molar-refractivity contribution in [1.82, 2.24) is 10.3 Å². The summed E-state index contributed by atoms with van der Waals surface area (Å²) >= 11 is 1.38. The van der Waals surface area contributed by atoms with Crippen LogP contribution in [0.4, 0.5) is 0 Å². The number of hydrogen-bond donors (Lipinski definition) is 4. The number of esters is 1. The largest absolute Gasteiger partial charge is 1.00 e. The Morgan fingerprint density at radius 3 is 2.80 bits per heavy atom. The van der Waals surface area contributed by atoms with Crippen molar-refractivity contribution >= 4 is 25.6 Å². The molecule has 4 N–H and O–H groups in total. The molecule has 0 aromatic carbocycles. The Morgan fingerprint density at radius 1 is 1.52 bits per heavy atom. The van der Waals surface area contributed by atoms with Gasteiger partial charge in [0.25, 0.3) is 0 Å². The second-order valence-corrected chi connectivity index (χ2v) is 7.46. The fourth-order valence-electron chi connectivity index (χ4n) is 2.23. The van der Waals surface area contributed by atoms with Gasteiger partial charge >= 0.3 is 43.3 Å². The second-order valence-electron chi connectivity index (χ2n) is 5.08. The Hall–Kier alpha value is -0.160. The van der Waals surface area contributed by atoms with Crippen molar-refractivity contribution in [2.45, 2.75) is 31.9 Å². The van der Waals surface area contributed by atoms with Gasteiger partial charge in [0.1, 0.15) is 11.8 Å². The Kier molecular flexibility index (Phi) is 8.86. The molecule has 2 heterocycles. The maximum Gasteiger partial charge on any atom is 1.00 e. The predicted octanol–water partition coefficient (Wildman–Crippen LogP) is -2.02. The van der Waals surface area contributed by atoms with Crippen LogP contribution in [-0.2, 0) is 25.2 Å². The zero-order valence-electron chi connectivity index (χ0n) is 14.1. The monoisotopic (exact) mass is 401 g/mol. The first-order valence-electron chi connectivity index (χ1n) is 7.14. The number of rotatable bonds is 6. The van der Waals surface area contributed by atoms with Gasteiger partial charge in [-0.1, -0.05) is 0 Å². The molecule has 134 valence electrons. The van der Waals surface area contributed by atoms with Gasteiger partial charge in [-0.05, 0) is 13.8 Å². The average Bonchev–Trinajstić information content (AvgIpc) is 2.97. The first-order valence-corrected chi connectivity index (χ1v) is 9.72. The number of phosphoric acid groups is 1. The first-order chi connectivity index (χ1) is 11.2. The normalized spacial score (nSPS) is 20.2. The van der Waals surface area contributed by atoms with E-state index in [0.29, 0.717) is 22.6 Å². The van der Waals surface area contributed by atoms with E-state index in [2.05, 4.69) is 14.8 Å². The van der Waals surface area contributed by atoms with Gasteiger partial charge in [-0.3, -0.25) is 19.6 Å². The third-order valence-corrected chi connectivity index (χ3v) is 5.06. The van der Waals surface area contributed by atoms with Gasteiger partial charge in [-0.15, -0.1) is 11.8 Å². The van der Waals surface area contributed by atoms with E-state index in [-0.39, 0.29) is 47.9 Å². The average molecular weight is 401 g/mol. The van der Waals surface area contributed by atoms with Crippen molar-refractivity contribution in [1.29, 1.82) is 0 Å². The predicted molar refractivity (Wildman–Crippen MR) is 86.2 cm³/mol. The fraction of sp³-hybridized carbons (Fsp3) is 0.538. The van der Waals surface area contributed by atoms with E-state index < -0.39 is 25.8 Å². The minimum Gasteiger partial charge on any atom is -0.506 e. The Balaban J connectivity index is 0.00000312. The van der Waals surface area contributed by atoms with Gasteiger partial charge in [0.15, 0.2) is 0 Å². The van der Waals surface area contributed by atoms with Gasteiger partial charge in [0.2, 0.25) is 0 Å². The number of phosphoric ester groups is 1. The SMILES string of the molecule is CCOC(=O)C1CSC(c2c(COP(=O)(O)O)cnc(C)c2O)N1.[Na+]. The molecule has 1 fully saturated rings. The molecule has 9 nitrogen and oxygen atoms in total. The van der Waals surface area contributed by atoms with Crippen molar-refractivity contribution < 1.29 is 63.1 Å². The Bertz CT molecular complexity index is 672. The van der Waals surface area contributed by atoms with E-state index in [4.69, 9.17) is 14.5 Å². The van der Waals surface area contributed by atoms with Crippen LogP contribution in [0, 0.1) is 6.92 Å². The molecule has 1 aromatic heterocycles. The minimum atomic E-state index is -4.66. The molecule has 0 radical (unpaired) electrons. The number of carbonyl (C=O) groups is 1. The van der Waals surface area contributed by atoms with Gasteiger partial charge in [0, 0.05) is 23.1 Å². The molecule has 12 heteroatoms. The molecule has 2 rings (SSSR count). The molecule has 1 aliphatic heterocycles. The van der Waals surface area contributed by atoms with Crippen molar-refractivity contribution in [3.63, 3.8) is 0 Å². The van der Waals surface area contributed by atoms with Crippen LogP contribution in [0.25, 0.3) is 0 Å². The smallest absolute Gasteiger partial charge is 0.506 e. The summed E-state index contributed by atoms with van der Waals surface area (Å²) in [4.78, 5) is 33.5. The maximum atomic E-state index is 11.8. The maximum absolute atomic E-state index is 11.8. The van der Waals surface area contributed by atoms with Gasteiger partial charge in [-0.2, -0.15) is 0 Å². The van der Waals surface area contributed by atoms with E-state index in [1.54, 1.807) is 13.8 Å². The van der Waals surface area contributed by atoms with E-state index >= 15 is 0 Å². The molecule has 0 aliphatic carbocycles. The summed E-state index contributed by atoms with van der Waals surface area (Å²) < 4.78 is 20.4. The summed E-state index contributed by atoms with van der Waals surface area (Å²) in [5, 5.41) is 12.9. The fourth-order valence-corrected chi connectivity index (χ4v) is 3.85. The topological polar surface area (TPSA) is 138 Å². The number of nitrogens with one attached hydrogen (secondary N) is 1. The third-order valence-electron chi connectivity index (χ3n) is 3.36. The number of hydrogen-bond acceptors (Lipinski definition) is 8. The number of ether oxygens (including phenoxy) is 1. The van der Waals surface area contributed by atoms with Crippen LogP contribution in [-0.4, -0.2) is 44.2 Å². The zero-order valence-corrected chi connectivity index (χ0v) is 17.8. The van der Waals surface area contributed by atoms with Crippen molar-refractivity contribution in [2.24, 2.45) is 0 Å². The summed E-state index contributed by atoms with van der Waals surface area (Å²) in [6, 6.07) is -0.525. The van der Waals surface area contributed by atoms with Crippen LogP contribution in [0.2, 0.25) is 0 Å². The quantitative estimate of drug-likeness (QED) is 0.240. The van der Waals surface area contributed by atoms with Crippen molar-refractivity contribution in [2.75, 3.05) is 12.4 Å². The third kappa shape index (κ3) is 6.20. The molecular formula is C13H19N2NaO7PS+. The Morgan fingerprint density at radius 2 is 2.20 bits per heavy atom. The minimum absolute atomic E-state index is 0. The first kappa shape index (κ1) is 22.9. The van der Waals surface area contributed by atoms with E-state index in [1.165, 1.54) is 18.0 Å². The number of carbonyl (C=O) groups excluding carboxylic acids is 1. The molecule has 0 amide bonds. The summed E-state index contributed by atoms with van der Waals surface area (Å²) in [5.74, 6) is -0.0366. The molecular weight excluding hydrogens is 382 g/mol. The molecule has 2 atom stereocenters. The van der Waals surface area contributed by atoms with Crippen LogP contribution >= 0.6 is 19.6 Å². The number of pyridine rings is 1. The van der Waals surface area contributed by atoms with Crippen LogP contribution in [0.3, 0.4) is 0 Å². The standard InChI is InChI=1S/C13H19N2O7PS.Na/c1-3-21-13(17)9-6-24-12(15-9)10-8(5-22-23(18,19)20)4-14-7(2)11(10)16;/h4,9,12,15-16H,3,5-6H2,1-2H3,(H2,18,19,20);/q;+1. The van der Waals surface area contributed by atoms with Crippen molar-refractivity contribution in [3.8, 4) is 5.75 Å². The van der Waals surface area contributed by atoms with Crippen LogP contribution in [0.5, 0.6) is 5.75 Å². The van der Waals surface area contributed by atoms with E-state index in [1.807, 2.05) is 0 Å². The number of aromatic nitrogens is 1. The van der Waals surface area contributed by atoms with Crippen LogP contribution in [0.15, 0.2) is 6.20 Å². The molecule has 1 aliphatic rings. The zero-order chi connectivity index (χ0) is 17.9. The number of aryl methyl sites for hydroxylation is 1. The molecule has 2 unspecified atom stereocenters. The van der Waals surface area contributed by atoms with Gasteiger partial charge in [-0.25, -0.2) is 4.57 Å². The van der Waals surface area contributed by atoms with E-state index in [0.717, 1.165) is 0 Å². The molecule has 1 saturated heterocycles. The molecule has 0 bridgehead atoms. The molecule has 0 saturated carbocycles. The summed E-state index contributed by atoms with van der Waals surface area (Å²) in [6.45, 7) is 3.18. The van der Waals surface area contributed by atoms with Crippen LogP contribution < -0.4 is 34.9 Å². The van der Waals surface area contributed by atoms with Crippen LogP contribution in [0.1, 0.15) is 29.1 Å². The number of nitrogens with zero attached hydrogens (tertiary/aromatic N) is 1. The van der Waals surface area contributed by atoms with Crippen molar-refractivity contribution in [3.05, 3.63) is 23.0 Å². The number of thioether (sulfide) groups is 1. The Labute approximate surface area is 171 Å². The van der Waals surface area contributed by atoms with E-state index in [9.17, 15) is 14.5 Å². The number of aromatic hydroxyl groups is 1. The summed E-state index contributed by atoms with van der Waals surface area (Å²) in [5.41, 5.74) is 1.09. The van der Waals surface area contributed by atoms with Gasteiger partial charge < -0.3 is 19.6 Å². The summed E-state index contributed by atoms with van der Waals surface area (Å²) in [6.07, 6.45) is 1.39. The molecule has 1 aromatic rings. The summed E-state index contributed by atoms with van der Waals surface area (Å²) in [7, 11) is -4.66.